The topological polar surface area (TPSA) is 201 Å². The second-order valence-corrected chi connectivity index (χ2v) is 18.5. The molecule has 0 aliphatic carbocycles. The molecular formula is C49H67F2N11O5. The van der Waals surface area contributed by atoms with E-state index in [0.717, 1.165) is 86.8 Å². The van der Waals surface area contributed by atoms with Crippen molar-refractivity contribution in [3.05, 3.63) is 68.8 Å². The molecule has 4 amide bonds. The molecule has 2 aromatic carbocycles. The smallest absolute Gasteiger partial charge is 0.329 e. The molecule has 362 valence electrons. The molecule has 2 fully saturated rings. The highest BCUT2D eigenvalue weighted by atomic mass is 19.3. The van der Waals surface area contributed by atoms with Crippen LogP contribution in [0.4, 0.5) is 20.2 Å². The number of imidazole rings is 1. The average Bonchev–Trinajstić information content (AvgIpc) is 3.56. The molecule has 67 heavy (non-hydrogen) atoms. The van der Waals surface area contributed by atoms with Crippen LogP contribution in [-0.4, -0.2) is 114 Å². The maximum absolute atomic E-state index is 14.6. The summed E-state index contributed by atoms with van der Waals surface area (Å²) in [4.78, 5) is 68.5. The van der Waals surface area contributed by atoms with E-state index in [4.69, 9.17) is 5.41 Å². The van der Waals surface area contributed by atoms with Crippen molar-refractivity contribution in [2.24, 2.45) is 7.05 Å². The fourth-order valence-electron chi connectivity index (χ4n) is 10.2. The van der Waals surface area contributed by atoms with E-state index in [1.807, 2.05) is 28.0 Å². The van der Waals surface area contributed by atoms with Crippen molar-refractivity contribution in [3.8, 4) is 0 Å². The molecule has 0 radical (unpaired) electrons. The molecule has 18 heteroatoms. The minimum atomic E-state index is -2.74. The number of anilines is 2. The van der Waals surface area contributed by atoms with Gasteiger partial charge in [0.15, 0.2) is 0 Å². The number of piperidine rings is 2. The lowest BCUT2D eigenvalue weighted by Gasteiger charge is -2.39. The normalized spacial score (nSPS) is 18.6. The van der Waals surface area contributed by atoms with Crippen LogP contribution in [0.2, 0.25) is 0 Å². The van der Waals surface area contributed by atoms with Crippen LogP contribution in [0.15, 0.2) is 46.4 Å². The molecule has 3 aromatic rings. The van der Waals surface area contributed by atoms with Gasteiger partial charge in [-0.1, -0.05) is 31.7 Å². The van der Waals surface area contributed by atoms with E-state index in [1.165, 1.54) is 28.3 Å². The summed E-state index contributed by atoms with van der Waals surface area (Å²) in [5.41, 5.74) is 5.32. The zero-order valence-electron chi connectivity index (χ0n) is 39.2. The van der Waals surface area contributed by atoms with Gasteiger partial charge in [-0.05, 0) is 87.4 Å². The summed E-state index contributed by atoms with van der Waals surface area (Å²) in [7, 11) is 3.42. The number of aromatic nitrogens is 2. The van der Waals surface area contributed by atoms with E-state index < -0.39 is 24.3 Å². The van der Waals surface area contributed by atoms with Crippen molar-refractivity contribution in [2.45, 2.75) is 121 Å². The number of carbonyl (C=O) groups is 4. The van der Waals surface area contributed by atoms with Crippen LogP contribution in [-0.2, 0) is 32.6 Å². The largest absolute Gasteiger partial charge is 0.385 e. The summed E-state index contributed by atoms with van der Waals surface area (Å²) >= 11 is 0. The van der Waals surface area contributed by atoms with Gasteiger partial charge in [0.2, 0.25) is 23.6 Å². The number of likely N-dealkylation sites (tertiary alicyclic amines) is 1. The van der Waals surface area contributed by atoms with Gasteiger partial charge in [0.05, 0.1) is 17.6 Å². The fraction of sp³-hybridized carbons (Fsp3) is 0.571. The van der Waals surface area contributed by atoms with Crippen molar-refractivity contribution < 1.29 is 28.0 Å². The third-order valence-electron chi connectivity index (χ3n) is 14.0. The Bertz CT molecular complexity index is 2440. The predicted octanol–water partition coefficient (Wildman–Crippen LogP) is 5.87. The number of rotatable bonds is 19. The van der Waals surface area contributed by atoms with Crippen LogP contribution in [0, 0.1) is 10.8 Å². The van der Waals surface area contributed by atoms with Gasteiger partial charge in [-0.2, -0.15) is 0 Å². The molecule has 4 aliphatic heterocycles. The van der Waals surface area contributed by atoms with E-state index in [1.54, 1.807) is 25.1 Å². The Balaban J connectivity index is 0.849. The third kappa shape index (κ3) is 11.3. The number of aryl methyl sites for hydroxylation is 2. The van der Waals surface area contributed by atoms with Crippen LogP contribution >= 0.6 is 0 Å². The van der Waals surface area contributed by atoms with E-state index >= 15 is 0 Å². The number of hydrogen-bond donors (Lipinski definition) is 6. The van der Waals surface area contributed by atoms with Gasteiger partial charge in [0.1, 0.15) is 11.9 Å². The van der Waals surface area contributed by atoms with Crippen LogP contribution < -0.4 is 31.9 Å². The highest BCUT2D eigenvalue weighted by Gasteiger charge is 2.34. The number of fused-ring (bicyclic) bond motifs is 2. The lowest BCUT2D eigenvalue weighted by Crippen LogP contribution is -2.48. The van der Waals surface area contributed by atoms with E-state index in [9.17, 15) is 38.2 Å². The Morgan fingerprint density at radius 1 is 0.896 bits per heavy atom. The van der Waals surface area contributed by atoms with Crippen molar-refractivity contribution in [2.75, 3.05) is 63.1 Å². The summed E-state index contributed by atoms with van der Waals surface area (Å²) in [6.07, 6.45) is 8.93. The summed E-state index contributed by atoms with van der Waals surface area (Å²) in [5, 5.41) is 29.9. The Labute approximate surface area is 390 Å². The van der Waals surface area contributed by atoms with Gasteiger partial charge >= 0.3 is 5.69 Å². The monoisotopic (exact) mass is 928 g/mol. The number of hydrogen-bond acceptors (Lipinski definition) is 10. The van der Waals surface area contributed by atoms with Gasteiger partial charge in [-0.15, -0.1) is 0 Å². The van der Waals surface area contributed by atoms with Gasteiger partial charge in [0, 0.05) is 119 Å². The number of nitrogens with one attached hydrogen (secondary N) is 6. The first-order valence-corrected chi connectivity index (χ1v) is 24.1. The van der Waals surface area contributed by atoms with Gasteiger partial charge in [-0.25, -0.2) is 13.6 Å². The molecule has 2 saturated heterocycles. The molecule has 0 bridgehead atoms. The third-order valence-corrected chi connectivity index (χ3v) is 14.0. The highest BCUT2D eigenvalue weighted by molar-refractivity contribution is 6.09. The maximum Gasteiger partial charge on any atom is 0.329 e. The second kappa shape index (κ2) is 22.3. The number of benzene rings is 2. The van der Waals surface area contributed by atoms with Crippen molar-refractivity contribution in [1.29, 1.82) is 10.8 Å². The standard InChI is InChI=1S/C49H67F2N11O5/c1-31(63)60-24-19-39(38(30-60)47(53)61-21-10-11-32-25-36(33(28-52)29-54-2)37(46(50)51)27-42(32)61)56-34-17-22-59(23-18-34)45(65)12-8-6-4-5-7-9-20-55-35-13-14-40-43(26-35)58(3)49(67)62(40)41-15-16-44(64)57-48(41)66/h13-14,25-28,33-34,41,46,52-56H,4-12,15-24,29-30H2,1-3H3,(H,57,64,66). The van der Waals surface area contributed by atoms with Gasteiger partial charge < -0.3 is 36.1 Å². The Hall–Kier alpha value is -5.91. The highest BCUT2D eigenvalue weighted by Crippen LogP contribution is 2.38. The molecule has 4 aliphatic rings. The van der Waals surface area contributed by atoms with E-state index in [-0.39, 0.29) is 53.8 Å². The summed E-state index contributed by atoms with van der Waals surface area (Å²) < 4.78 is 32.1. The van der Waals surface area contributed by atoms with Gasteiger partial charge in [-0.3, -0.25) is 39.0 Å². The number of halogens is 2. The van der Waals surface area contributed by atoms with Crippen molar-refractivity contribution >= 4 is 58.1 Å². The Morgan fingerprint density at radius 2 is 1.64 bits per heavy atom. The number of unbranched alkanes of at least 4 members (excludes halogenated alkanes) is 5. The van der Waals surface area contributed by atoms with Crippen LogP contribution in [0.1, 0.15) is 125 Å². The minimum Gasteiger partial charge on any atom is -0.385 e. The molecule has 7 rings (SSSR count). The number of carbonyl (C=O) groups excluding carboxylic acids is 4. The first kappa shape index (κ1) is 49.0. The van der Waals surface area contributed by atoms with Crippen molar-refractivity contribution in [1.82, 2.24) is 34.9 Å². The lowest BCUT2D eigenvalue weighted by atomic mass is 9.88. The lowest BCUT2D eigenvalue weighted by molar-refractivity contribution is -0.136. The average molecular weight is 928 g/mol. The van der Waals surface area contributed by atoms with E-state index in [2.05, 4.69) is 21.3 Å². The second-order valence-electron chi connectivity index (χ2n) is 18.5. The number of amides is 4. The number of imide groups is 1. The van der Waals surface area contributed by atoms with Crippen LogP contribution in [0.25, 0.3) is 11.0 Å². The van der Waals surface area contributed by atoms with Crippen LogP contribution in [0.3, 0.4) is 0 Å². The Morgan fingerprint density at radius 3 is 2.34 bits per heavy atom. The SMILES string of the molecule is CNCC(C=N)c1cc2c(cc1C(F)F)N(C(=N)C1=C(NC3CCN(C(=O)CCCCCCCCNc4ccc5c(c4)n(C)c(=O)n5C4CCC(=O)NC4=O)CC3)CCN(C(C)=O)C1)CCC2. The molecule has 0 saturated carbocycles. The van der Waals surface area contributed by atoms with Crippen molar-refractivity contribution in [3.63, 3.8) is 0 Å². The Kier molecular flexibility index (Phi) is 16.3. The molecule has 2 atom stereocenters. The number of alkyl halides is 2. The molecular weight excluding hydrogens is 861 g/mol. The summed E-state index contributed by atoms with van der Waals surface area (Å²) in [6, 6.07) is 8.36. The molecule has 2 unspecified atom stereocenters. The molecule has 0 spiro atoms. The molecule has 1 aromatic heterocycles. The predicted molar refractivity (Wildman–Crippen MR) is 256 cm³/mol. The number of likely N-dealkylation sites (N-methyl/N-ethyl adjacent to an activating group) is 1. The molecule has 16 nitrogen and oxygen atoms in total. The number of nitrogens with zero attached hydrogens (tertiary/aromatic N) is 5. The molecule has 5 heterocycles. The van der Waals surface area contributed by atoms with Crippen LogP contribution in [0.5, 0.6) is 0 Å². The first-order chi connectivity index (χ1) is 32.3. The first-order valence-electron chi connectivity index (χ1n) is 24.1. The molecule has 6 N–H and O–H groups in total. The quantitative estimate of drug-likeness (QED) is 0.0369. The minimum absolute atomic E-state index is 0.0830. The zero-order valence-corrected chi connectivity index (χ0v) is 39.2. The van der Waals surface area contributed by atoms with E-state index in [0.29, 0.717) is 80.7 Å². The fourth-order valence-corrected chi connectivity index (χ4v) is 10.2. The summed E-state index contributed by atoms with van der Waals surface area (Å²) in [6.45, 7) is 5.20. The van der Waals surface area contributed by atoms with Gasteiger partial charge in [0.25, 0.3) is 6.43 Å². The number of amidine groups is 1. The zero-order chi connectivity index (χ0) is 47.8. The summed E-state index contributed by atoms with van der Waals surface area (Å²) in [5.74, 6) is -0.970. The maximum atomic E-state index is 14.6.